The summed E-state index contributed by atoms with van der Waals surface area (Å²) in [6, 6.07) is 0. The lowest BCUT2D eigenvalue weighted by molar-refractivity contribution is -0.140. The van der Waals surface area contributed by atoms with E-state index in [9.17, 15) is 4.79 Å². The average Bonchev–Trinajstić information content (AvgIpc) is 2.93. The van der Waals surface area contributed by atoms with Gasteiger partial charge in [-0.15, -0.1) is 0 Å². The quantitative estimate of drug-likeness (QED) is 0.0463. The molecule has 3 nitrogen and oxygen atoms in total. The minimum absolute atomic E-state index is 0.325. The molecule has 232 valence electrons. The predicted molar refractivity (Wildman–Crippen MR) is 172 cm³/mol. The summed E-state index contributed by atoms with van der Waals surface area (Å²) in [6.07, 6.45) is 39.9. The molecule has 0 spiro atoms. The third kappa shape index (κ3) is 33.3. The summed E-state index contributed by atoms with van der Waals surface area (Å²) in [5.74, 6) is -0.329. The molecule has 0 aliphatic heterocycles. The second kappa shape index (κ2) is 33.4. The molecule has 3 heteroatoms. The summed E-state index contributed by atoms with van der Waals surface area (Å²) >= 11 is 0. The number of esters is 1. The van der Waals surface area contributed by atoms with Crippen molar-refractivity contribution in [1.29, 1.82) is 0 Å². The van der Waals surface area contributed by atoms with Crippen LogP contribution in [0.15, 0.2) is 12.2 Å². The molecular formula is C36H70O3. The summed E-state index contributed by atoms with van der Waals surface area (Å²) in [5.41, 5.74) is 0.441. The van der Waals surface area contributed by atoms with Gasteiger partial charge >= 0.3 is 5.97 Å². The van der Waals surface area contributed by atoms with Gasteiger partial charge in [-0.3, -0.25) is 0 Å². The van der Waals surface area contributed by atoms with Crippen LogP contribution in [0.5, 0.6) is 0 Å². The highest BCUT2D eigenvalue weighted by Crippen LogP contribution is 2.16. The minimum atomic E-state index is -0.329. The second-order valence-corrected chi connectivity index (χ2v) is 12.1. The van der Waals surface area contributed by atoms with Crippen molar-refractivity contribution in [3.05, 3.63) is 12.2 Å². The molecule has 0 unspecified atom stereocenters. The summed E-state index contributed by atoms with van der Waals surface area (Å²) in [4.78, 5) is 11.2. The van der Waals surface area contributed by atoms with Gasteiger partial charge in [0.15, 0.2) is 0 Å². The van der Waals surface area contributed by atoms with Gasteiger partial charge < -0.3 is 9.47 Å². The van der Waals surface area contributed by atoms with E-state index >= 15 is 0 Å². The Morgan fingerprint density at radius 3 is 1.00 bits per heavy atom. The Labute approximate surface area is 245 Å². The number of carbonyl (C=O) groups excluding carboxylic acids is 1. The highest BCUT2D eigenvalue weighted by Gasteiger charge is 2.02. The molecule has 0 fully saturated rings. The van der Waals surface area contributed by atoms with Crippen LogP contribution in [0.3, 0.4) is 0 Å². The molecule has 0 aliphatic rings. The first-order valence-corrected chi connectivity index (χ1v) is 17.6. The molecule has 0 aromatic heterocycles. The fraction of sp³-hybridized carbons (Fsp3) is 0.917. The minimum Gasteiger partial charge on any atom is -0.460 e. The highest BCUT2D eigenvalue weighted by atomic mass is 16.6. The first-order valence-electron chi connectivity index (χ1n) is 17.6. The molecule has 0 aliphatic carbocycles. The topological polar surface area (TPSA) is 35.5 Å². The fourth-order valence-electron chi connectivity index (χ4n) is 5.29. The molecule has 0 saturated heterocycles. The van der Waals surface area contributed by atoms with Crippen molar-refractivity contribution in [3.63, 3.8) is 0 Å². The molecule has 0 atom stereocenters. The molecule has 0 amide bonds. The largest absolute Gasteiger partial charge is 0.460 e. The number of rotatable bonds is 33. The molecule has 0 saturated carbocycles. The van der Waals surface area contributed by atoms with Crippen LogP contribution in [0.25, 0.3) is 0 Å². The zero-order valence-electron chi connectivity index (χ0n) is 26.9. The van der Waals surface area contributed by atoms with Gasteiger partial charge in [0.25, 0.3) is 0 Å². The smallest absolute Gasteiger partial charge is 0.333 e. The summed E-state index contributed by atoms with van der Waals surface area (Å²) in [6.45, 7) is 9.10. The normalized spacial score (nSPS) is 11.2. The van der Waals surface area contributed by atoms with Crippen LogP contribution in [0.4, 0.5) is 0 Å². The lowest BCUT2D eigenvalue weighted by Crippen LogP contribution is -2.11. The van der Waals surface area contributed by atoms with Crippen LogP contribution in [0, 0.1) is 0 Å². The standard InChI is InChI=1S/C36H70O3/c1-4-5-6-7-8-9-10-11-12-13-14-15-16-17-18-19-20-21-22-23-24-25-26-27-28-29-30-31-32-38-33-34-39-36(37)35(2)3/h2,4-34H2,1,3H3. The third-order valence-corrected chi connectivity index (χ3v) is 7.95. The van der Waals surface area contributed by atoms with Crippen molar-refractivity contribution >= 4 is 5.97 Å². The van der Waals surface area contributed by atoms with Crippen LogP contribution in [0.2, 0.25) is 0 Å². The Morgan fingerprint density at radius 1 is 0.436 bits per heavy atom. The van der Waals surface area contributed by atoms with Crippen molar-refractivity contribution in [2.24, 2.45) is 0 Å². The summed E-state index contributed by atoms with van der Waals surface area (Å²) in [5, 5.41) is 0. The van der Waals surface area contributed by atoms with E-state index in [1.807, 2.05) is 0 Å². The first kappa shape index (κ1) is 38.2. The average molecular weight is 551 g/mol. The monoisotopic (exact) mass is 551 g/mol. The maximum atomic E-state index is 11.2. The molecule has 0 aromatic carbocycles. The van der Waals surface area contributed by atoms with Gasteiger partial charge in [-0.05, 0) is 13.3 Å². The number of hydrogen-bond donors (Lipinski definition) is 0. The Hall–Kier alpha value is -0.830. The highest BCUT2D eigenvalue weighted by molar-refractivity contribution is 5.86. The van der Waals surface area contributed by atoms with E-state index in [1.54, 1.807) is 6.92 Å². The SMILES string of the molecule is C=C(C)C(=O)OCCOCCCCCCCCCCCCCCCCCCCCCCCCCCCCCC. The van der Waals surface area contributed by atoms with Gasteiger partial charge in [-0.2, -0.15) is 0 Å². The van der Waals surface area contributed by atoms with Crippen LogP contribution in [0.1, 0.15) is 194 Å². The van der Waals surface area contributed by atoms with Crippen LogP contribution in [-0.2, 0) is 14.3 Å². The van der Waals surface area contributed by atoms with Gasteiger partial charge in [0.1, 0.15) is 6.61 Å². The van der Waals surface area contributed by atoms with Crippen molar-refractivity contribution < 1.29 is 14.3 Å². The number of carbonyl (C=O) groups is 1. The van der Waals surface area contributed by atoms with Crippen LogP contribution in [-0.4, -0.2) is 25.8 Å². The van der Waals surface area contributed by atoms with Gasteiger partial charge in [0.2, 0.25) is 0 Å². The third-order valence-electron chi connectivity index (χ3n) is 7.95. The summed E-state index contributed by atoms with van der Waals surface area (Å²) in [7, 11) is 0. The van der Waals surface area contributed by atoms with Crippen LogP contribution < -0.4 is 0 Å². The van der Waals surface area contributed by atoms with E-state index in [0.717, 1.165) is 13.0 Å². The molecule has 39 heavy (non-hydrogen) atoms. The molecule has 0 rings (SSSR count). The van der Waals surface area contributed by atoms with E-state index in [4.69, 9.17) is 9.47 Å². The first-order chi connectivity index (χ1) is 19.2. The van der Waals surface area contributed by atoms with Gasteiger partial charge in [0.05, 0.1) is 6.61 Å². The lowest BCUT2D eigenvalue weighted by atomic mass is 10.0. The molecule has 0 bridgehead atoms. The van der Waals surface area contributed by atoms with Crippen molar-refractivity contribution in [2.75, 3.05) is 19.8 Å². The molecule has 0 radical (unpaired) electrons. The van der Waals surface area contributed by atoms with Crippen molar-refractivity contribution in [2.45, 2.75) is 194 Å². The zero-order chi connectivity index (χ0) is 28.5. The molecule has 0 heterocycles. The molecule has 0 N–H and O–H groups in total. The Bertz CT molecular complexity index is 502. The lowest BCUT2D eigenvalue weighted by Gasteiger charge is -2.06. The van der Waals surface area contributed by atoms with E-state index in [0.29, 0.717) is 18.8 Å². The zero-order valence-corrected chi connectivity index (χ0v) is 26.9. The van der Waals surface area contributed by atoms with Crippen LogP contribution >= 0.6 is 0 Å². The van der Waals surface area contributed by atoms with E-state index in [2.05, 4.69) is 13.5 Å². The van der Waals surface area contributed by atoms with Gasteiger partial charge in [-0.1, -0.05) is 187 Å². The Morgan fingerprint density at radius 2 is 0.718 bits per heavy atom. The van der Waals surface area contributed by atoms with Gasteiger partial charge in [-0.25, -0.2) is 4.79 Å². The van der Waals surface area contributed by atoms with E-state index < -0.39 is 0 Å². The number of hydrogen-bond acceptors (Lipinski definition) is 3. The maximum absolute atomic E-state index is 11.2. The molecule has 0 aromatic rings. The Kier molecular flexibility index (Phi) is 32.7. The Balaban J connectivity index is 3.06. The van der Waals surface area contributed by atoms with Crippen molar-refractivity contribution in [3.8, 4) is 0 Å². The number of ether oxygens (including phenoxy) is 2. The fourth-order valence-corrected chi connectivity index (χ4v) is 5.29. The summed E-state index contributed by atoms with van der Waals surface area (Å²) < 4.78 is 10.5. The van der Waals surface area contributed by atoms with Crippen molar-refractivity contribution in [1.82, 2.24) is 0 Å². The van der Waals surface area contributed by atoms with E-state index in [1.165, 1.54) is 173 Å². The second-order valence-electron chi connectivity index (χ2n) is 12.1. The predicted octanol–water partition coefficient (Wildman–Crippen LogP) is 12.1. The van der Waals surface area contributed by atoms with Gasteiger partial charge in [0, 0.05) is 12.2 Å². The van der Waals surface area contributed by atoms with E-state index in [-0.39, 0.29) is 5.97 Å². The molecular weight excluding hydrogens is 480 g/mol. The maximum Gasteiger partial charge on any atom is 0.333 e. The number of unbranched alkanes of at least 4 members (excludes halogenated alkanes) is 27.